The van der Waals surface area contributed by atoms with E-state index >= 15 is 0 Å². The zero-order valence-corrected chi connectivity index (χ0v) is 83.4. The first-order chi connectivity index (χ1) is 62.1. The molecule has 134 heavy (non-hydrogen) atoms. The van der Waals surface area contributed by atoms with Gasteiger partial charge in [0.25, 0.3) is 0 Å². The van der Waals surface area contributed by atoms with Crippen LogP contribution in [-0.4, -0.2) is 173 Å². The minimum absolute atomic E-state index is 0. The Morgan fingerprint density at radius 1 is 0.500 bits per heavy atom. The summed E-state index contributed by atoms with van der Waals surface area (Å²) in [6.07, 6.45) is 17.2. The Morgan fingerprint density at radius 3 is 1.34 bits per heavy atom. The minimum atomic E-state index is -0.635. The molecule has 708 valence electrons. The number of amides is 3. The number of nitrogen functional groups attached to an aromatic ring is 1. The van der Waals surface area contributed by atoms with Crippen LogP contribution in [0.15, 0.2) is 220 Å². The summed E-state index contributed by atoms with van der Waals surface area (Å²) in [7, 11) is 1.75. The quantitative estimate of drug-likeness (QED) is 0.00622. The molecule has 3 aliphatic heterocycles. The van der Waals surface area contributed by atoms with Gasteiger partial charge in [-0.15, -0.1) is 0 Å². The van der Waals surface area contributed by atoms with Gasteiger partial charge in [0.15, 0.2) is 24.8 Å². The third-order valence-electron chi connectivity index (χ3n) is 21.4. The van der Waals surface area contributed by atoms with Crippen molar-refractivity contribution < 1.29 is 87.4 Å². The van der Waals surface area contributed by atoms with E-state index in [0.717, 1.165) is 73.1 Å². The largest absolute Gasteiger partial charge is 1.00 e. The SMILES string of the molecule is C=CC(=O)Nc1cccc(Oc2nc(Cl)nc3c2ccn3COC(=O)C(C)(C)C)c1.C=CC(=O)Nc1cccc(Oc2nc(Nc3ccc(C[C@H]4CCN(CCC)C4)cc3)nc3[nH]ccc23)c1.C=CC(=O)Nc1cccc(Oc2nc(Nc3ccc(C[C@H]4CCN(CCC)C4)cc3)nc3c2ccn3COC(=O)C(C)(C)C)c1.COCCN1CC[C@H](Nc2ccc(N)cc2)C1.S.S.S.[Na+].[OH-]. The Hall–Kier alpha value is -11.5. The molecule has 3 amide bonds. The van der Waals surface area contributed by atoms with E-state index in [9.17, 15) is 24.0 Å². The van der Waals surface area contributed by atoms with Crippen molar-refractivity contribution in [2.24, 2.45) is 22.7 Å². The van der Waals surface area contributed by atoms with E-state index in [2.05, 4.69) is 142 Å². The third-order valence-corrected chi connectivity index (χ3v) is 21.5. The average Bonchev–Trinajstić information content (AvgIpc) is 1.61. The topological polar surface area (TPSA) is 382 Å². The van der Waals surface area contributed by atoms with E-state index in [4.69, 9.17) is 55.7 Å². The Bertz CT molecular complexity index is 5860. The number of likely N-dealkylation sites (tertiary alicyclic amines) is 3. The summed E-state index contributed by atoms with van der Waals surface area (Å²) in [5.41, 5.74) is 14.2. The van der Waals surface area contributed by atoms with Crippen molar-refractivity contribution >= 4 is 167 Å². The van der Waals surface area contributed by atoms with Crippen molar-refractivity contribution in [3.63, 3.8) is 0 Å². The Balaban J connectivity index is 0.000000251. The van der Waals surface area contributed by atoms with E-state index in [1.807, 2.05) is 75.4 Å². The van der Waals surface area contributed by atoms with Gasteiger partial charge in [-0.1, -0.05) is 76.0 Å². The number of carbonyl (C=O) groups excluding carboxylic acids is 5. The number of rotatable bonds is 33. The number of halogens is 1. The van der Waals surface area contributed by atoms with Gasteiger partial charge in [-0.05, 0) is 269 Å². The van der Waals surface area contributed by atoms with E-state index in [1.165, 1.54) is 101 Å². The summed E-state index contributed by atoms with van der Waals surface area (Å²) in [4.78, 5) is 97.3. The maximum atomic E-state index is 12.5. The van der Waals surface area contributed by atoms with E-state index in [1.54, 1.807) is 128 Å². The third kappa shape index (κ3) is 32.7. The van der Waals surface area contributed by atoms with Gasteiger partial charge in [0.1, 0.15) is 22.9 Å². The molecule has 15 rings (SSSR count). The maximum absolute atomic E-state index is 12.5. The first-order valence-electron chi connectivity index (χ1n) is 43.4. The zero-order valence-electron chi connectivity index (χ0n) is 77.7. The van der Waals surface area contributed by atoms with Crippen LogP contribution in [0.1, 0.15) is 98.6 Å². The molecule has 0 saturated carbocycles. The number of anilines is 9. The van der Waals surface area contributed by atoms with Gasteiger partial charge in [-0.2, -0.15) is 70.4 Å². The number of H-pyrrole nitrogens is 1. The zero-order chi connectivity index (χ0) is 91.6. The van der Waals surface area contributed by atoms with Crippen LogP contribution in [0.3, 0.4) is 0 Å². The van der Waals surface area contributed by atoms with Gasteiger partial charge < -0.3 is 86.3 Å². The molecule has 3 saturated heterocycles. The Morgan fingerprint density at radius 2 is 0.910 bits per heavy atom. The minimum Gasteiger partial charge on any atom is -0.870 e. The number of hydrogen-bond acceptors (Lipinski definition) is 25. The number of nitrogens with zero attached hydrogens (tertiary/aromatic N) is 11. The van der Waals surface area contributed by atoms with Gasteiger partial charge in [0.05, 0.1) is 33.6 Å². The average molecular weight is 1910 g/mol. The van der Waals surface area contributed by atoms with E-state index in [-0.39, 0.29) is 130 Å². The number of benzene rings is 6. The van der Waals surface area contributed by atoms with Gasteiger partial charge in [0, 0.05) is 122 Å². The van der Waals surface area contributed by atoms with Crippen molar-refractivity contribution in [2.75, 3.05) is 110 Å². The van der Waals surface area contributed by atoms with Crippen LogP contribution >= 0.6 is 52.1 Å². The normalized spacial score (nSPS) is 14.5. The summed E-state index contributed by atoms with van der Waals surface area (Å²) in [6, 6.07) is 51.7. The molecular weight excluding hydrogens is 1790 g/mol. The van der Waals surface area contributed by atoms with Crippen molar-refractivity contribution in [3.8, 4) is 34.9 Å². The summed E-state index contributed by atoms with van der Waals surface area (Å²) < 4.78 is 37.6. The number of nitrogens with one attached hydrogen (secondary N) is 7. The number of nitrogens with two attached hydrogens (primary N) is 1. The number of aromatic amines is 1. The molecule has 9 heterocycles. The molecule has 0 aliphatic carbocycles. The van der Waals surface area contributed by atoms with Crippen LogP contribution in [0.25, 0.3) is 33.1 Å². The van der Waals surface area contributed by atoms with Gasteiger partial charge in [-0.25, -0.2) is 0 Å². The molecule has 0 radical (unpaired) electrons. The number of aromatic nitrogens is 9. The first-order valence-corrected chi connectivity index (χ1v) is 43.8. The monoisotopic (exact) mass is 1910 g/mol. The second-order valence-electron chi connectivity index (χ2n) is 33.9. The molecule has 6 aromatic carbocycles. The maximum Gasteiger partial charge on any atom is 1.00 e. The molecule has 10 N–H and O–H groups in total. The van der Waals surface area contributed by atoms with Crippen LogP contribution in [0.2, 0.25) is 5.28 Å². The van der Waals surface area contributed by atoms with Crippen LogP contribution in [-0.2, 0) is 64.5 Å². The molecule has 0 unspecified atom stereocenters. The fraction of sp³-hybridized carbons (Fsp3) is 0.337. The van der Waals surface area contributed by atoms with Crippen LogP contribution in [0.4, 0.5) is 51.7 Å². The summed E-state index contributed by atoms with van der Waals surface area (Å²) >= 11 is 6.08. The van der Waals surface area contributed by atoms with Crippen molar-refractivity contribution in [1.82, 2.24) is 58.7 Å². The Labute approximate surface area is 830 Å². The van der Waals surface area contributed by atoms with Gasteiger partial charge in [-0.3, -0.25) is 38.0 Å². The van der Waals surface area contributed by atoms with Gasteiger partial charge in [0.2, 0.25) is 52.5 Å². The van der Waals surface area contributed by atoms with Crippen LogP contribution in [0, 0.1) is 22.7 Å². The van der Waals surface area contributed by atoms with Crippen molar-refractivity contribution in [3.05, 3.63) is 237 Å². The molecule has 3 fully saturated rings. The molecule has 36 heteroatoms. The molecule has 3 aliphatic rings. The molecule has 12 aromatic rings. The van der Waals surface area contributed by atoms with E-state index in [0.29, 0.717) is 97.6 Å². The fourth-order valence-corrected chi connectivity index (χ4v) is 14.9. The van der Waals surface area contributed by atoms with E-state index < -0.39 is 10.8 Å². The first kappa shape index (κ1) is 110. The smallest absolute Gasteiger partial charge is 0.870 e. The number of ether oxygens (including phenoxy) is 6. The molecule has 0 bridgehead atoms. The Kier molecular flexibility index (Phi) is 43.3. The second kappa shape index (κ2) is 53.0. The predicted octanol–water partition coefficient (Wildman–Crippen LogP) is 15.9. The van der Waals surface area contributed by atoms with Crippen LogP contribution < -0.4 is 81.4 Å². The number of fused-ring (bicyclic) bond motifs is 3. The second-order valence-corrected chi connectivity index (χ2v) is 34.2. The van der Waals surface area contributed by atoms with Crippen molar-refractivity contribution in [2.45, 2.75) is 120 Å². The molecular formula is C98H123ClN19NaO12S3. The number of esters is 2. The molecule has 6 aromatic heterocycles. The molecule has 0 spiro atoms. The standard InChI is InChI=1S/C35H42N6O4.C29H32N6O2.C21H21ClN4O4.C13H21N3O.Na.H2O.3H2S/c1-6-17-40-18-15-25(22-40)20-24-11-13-26(14-12-24)37-34-38-31-29(16-19-41(31)23-44-33(43)35(3,4)5)32(39-34)45-28-10-8-9-27(21-28)36-30(42)7-2;1-3-15-35-16-13-21(19-35)17-20-8-10-22(11-9-20)32-29-33-27-25(12-14-30-27)28(34-29)37-24-7-5-6-23(18-24)31-26(36)4-2;1-5-16(27)23-13-7-6-8-14(11-13)30-18-15-9-10-26(17(15)24-20(22)25-18)12-29-19(28)21(2,3)4;1-17-9-8-16-7-6-13(10-16)15-12-4-2-11(14)3-5-12;;;;;/h7-14,16,19,21,25H,2,6,15,17-18,20,22-23H2,1,3-5H3,(H,36,42)(H,37,38,39);4-12,14,18,21H,2-3,13,15-17,19H2,1H3,(H,31,36)(H2,30,32,33,34);5-11H,1,12H2,2-4H3,(H,23,27);2-5,13,15H,6-10,14H2,1H3;;4*1H2/q;;;;+1;;;;/p-1/t25-;21-;;13-;;;;;/m11.0...../s1. The number of carbonyl (C=O) groups is 5. The van der Waals surface area contributed by atoms with Crippen LogP contribution in [0.5, 0.6) is 34.9 Å². The summed E-state index contributed by atoms with van der Waals surface area (Å²) in [5.74, 6) is 3.00. The van der Waals surface area contributed by atoms with Crippen molar-refractivity contribution in [1.29, 1.82) is 0 Å². The van der Waals surface area contributed by atoms with Gasteiger partial charge >= 0.3 is 41.5 Å². The fourth-order valence-electron chi connectivity index (χ4n) is 14.8. The molecule has 31 nitrogen and oxygen atoms in total. The molecule has 3 atom stereocenters. The summed E-state index contributed by atoms with van der Waals surface area (Å²) in [6.45, 7) is 36.8. The summed E-state index contributed by atoms with van der Waals surface area (Å²) in [5, 5.41) is 20.3. The predicted molar refractivity (Wildman–Crippen MR) is 542 cm³/mol. The number of hydrogen-bond donors (Lipinski definition) is 8. The number of methoxy groups -OCH3 is 1.